The van der Waals surface area contributed by atoms with Crippen molar-refractivity contribution < 1.29 is 14.5 Å². The molecule has 1 aromatic heterocycles. The summed E-state index contributed by atoms with van der Waals surface area (Å²) in [5, 5.41) is 10.7. The number of nitro groups is 1. The molecule has 1 saturated heterocycles. The minimum absolute atomic E-state index is 0.0136. The number of non-ortho nitro benzene ring substituents is 1. The van der Waals surface area contributed by atoms with Gasteiger partial charge in [0.05, 0.1) is 16.9 Å². The van der Waals surface area contributed by atoms with E-state index < -0.39 is 11.0 Å². The average Bonchev–Trinajstić information content (AvgIpc) is 3.16. The van der Waals surface area contributed by atoms with Gasteiger partial charge in [0, 0.05) is 37.6 Å². The minimum atomic E-state index is -0.528. The first kappa shape index (κ1) is 15.7. The summed E-state index contributed by atoms with van der Waals surface area (Å²) in [5.74, 6) is -0.337. The van der Waals surface area contributed by atoms with Crippen molar-refractivity contribution in [2.45, 2.75) is 13.0 Å². The molecule has 1 aromatic carbocycles. The Morgan fingerprint density at radius 3 is 2.54 bits per heavy atom. The van der Waals surface area contributed by atoms with Crippen molar-refractivity contribution in [1.82, 2.24) is 14.5 Å². The number of rotatable bonds is 6. The lowest BCUT2D eigenvalue weighted by Gasteiger charge is -2.17. The highest BCUT2D eigenvalue weighted by atomic mass is 16.6. The lowest BCUT2D eigenvalue weighted by molar-refractivity contribution is -0.384. The second-order valence-corrected chi connectivity index (χ2v) is 5.36. The van der Waals surface area contributed by atoms with Crippen molar-refractivity contribution in [3.05, 3.63) is 53.1 Å². The zero-order valence-corrected chi connectivity index (χ0v) is 12.7. The van der Waals surface area contributed by atoms with E-state index in [1.807, 2.05) is 10.8 Å². The number of hydrogen-bond donors (Lipinski definition) is 0. The number of aromatic nitrogens is 2. The van der Waals surface area contributed by atoms with Crippen molar-refractivity contribution in [2.24, 2.45) is 0 Å². The normalized spacial score (nSPS) is 14.5. The summed E-state index contributed by atoms with van der Waals surface area (Å²) in [6, 6.07) is 4.96. The van der Waals surface area contributed by atoms with Gasteiger partial charge in [0.1, 0.15) is 6.54 Å². The van der Waals surface area contributed by atoms with Gasteiger partial charge in [-0.25, -0.2) is 14.7 Å². The van der Waals surface area contributed by atoms with Crippen LogP contribution < -0.4 is 4.90 Å². The molecule has 1 aliphatic heterocycles. The Morgan fingerprint density at radius 2 is 1.92 bits per heavy atom. The number of nitrogens with zero attached hydrogens (tertiary/aromatic N) is 5. The molecule has 0 saturated carbocycles. The van der Waals surface area contributed by atoms with Gasteiger partial charge in [-0.3, -0.25) is 14.9 Å². The highest BCUT2D eigenvalue weighted by Gasteiger charge is 2.36. The lowest BCUT2D eigenvalue weighted by Crippen LogP contribution is -2.33. The number of anilines is 1. The lowest BCUT2D eigenvalue weighted by atomic mass is 10.2. The van der Waals surface area contributed by atoms with E-state index in [2.05, 4.69) is 4.98 Å². The SMILES string of the molecule is O=C1CN(CCCn2ccnc2)C(=O)N1c1ccc([N+](=O)[O-])cc1. The van der Waals surface area contributed by atoms with E-state index in [9.17, 15) is 19.7 Å². The summed E-state index contributed by atoms with van der Waals surface area (Å²) in [4.78, 5) is 41.1. The van der Waals surface area contributed by atoms with Crippen LogP contribution >= 0.6 is 0 Å². The fourth-order valence-corrected chi connectivity index (χ4v) is 2.57. The molecule has 24 heavy (non-hydrogen) atoms. The van der Waals surface area contributed by atoms with Gasteiger partial charge < -0.3 is 9.47 Å². The fourth-order valence-electron chi connectivity index (χ4n) is 2.57. The smallest absolute Gasteiger partial charge is 0.331 e. The van der Waals surface area contributed by atoms with Crippen LogP contribution in [0.15, 0.2) is 43.0 Å². The van der Waals surface area contributed by atoms with Gasteiger partial charge in [0.25, 0.3) is 11.6 Å². The number of hydrogen-bond acceptors (Lipinski definition) is 5. The molecule has 0 unspecified atom stereocenters. The summed E-state index contributed by atoms with van der Waals surface area (Å²) >= 11 is 0. The minimum Gasteiger partial charge on any atom is -0.337 e. The maximum Gasteiger partial charge on any atom is 0.331 e. The molecule has 2 heterocycles. The fraction of sp³-hybridized carbons (Fsp3) is 0.267. The molecule has 0 N–H and O–H groups in total. The molecular weight excluding hydrogens is 314 g/mol. The van der Waals surface area contributed by atoms with Crippen LogP contribution in [0, 0.1) is 10.1 Å². The maximum atomic E-state index is 12.4. The molecule has 0 radical (unpaired) electrons. The molecule has 1 aliphatic rings. The number of carbonyl (C=O) groups excluding carboxylic acids is 2. The van der Waals surface area contributed by atoms with Crippen LogP contribution in [0.25, 0.3) is 0 Å². The number of imide groups is 1. The molecule has 3 rings (SSSR count). The summed E-state index contributed by atoms with van der Waals surface area (Å²) in [5.41, 5.74) is 0.253. The van der Waals surface area contributed by atoms with Crippen molar-refractivity contribution >= 4 is 23.3 Å². The molecule has 0 bridgehead atoms. The van der Waals surface area contributed by atoms with E-state index >= 15 is 0 Å². The van der Waals surface area contributed by atoms with E-state index in [4.69, 9.17) is 0 Å². The van der Waals surface area contributed by atoms with Crippen molar-refractivity contribution in [3.8, 4) is 0 Å². The third-order valence-electron chi connectivity index (χ3n) is 3.76. The first-order chi connectivity index (χ1) is 11.6. The van der Waals surface area contributed by atoms with Crippen LogP contribution in [0.1, 0.15) is 6.42 Å². The molecule has 9 heteroatoms. The molecule has 0 aliphatic carbocycles. The van der Waals surface area contributed by atoms with Crippen LogP contribution in [-0.2, 0) is 11.3 Å². The number of urea groups is 1. The monoisotopic (exact) mass is 329 g/mol. The largest absolute Gasteiger partial charge is 0.337 e. The van der Waals surface area contributed by atoms with Crippen LogP contribution in [0.4, 0.5) is 16.2 Å². The predicted octanol–water partition coefficient (Wildman–Crippen LogP) is 1.65. The molecule has 0 atom stereocenters. The number of benzene rings is 1. The molecule has 2 aromatic rings. The van der Waals surface area contributed by atoms with Gasteiger partial charge >= 0.3 is 6.03 Å². The number of amides is 3. The highest BCUT2D eigenvalue weighted by molar-refractivity contribution is 6.19. The van der Waals surface area contributed by atoms with E-state index in [1.165, 1.54) is 29.2 Å². The quantitative estimate of drug-likeness (QED) is 0.455. The second-order valence-electron chi connectivity index (χ2n) is 5.36. The predicted molar refractivity (Wildman–Crippen MR) is 84.4 cm³/mol. The summed E-state index contributed by atoms with van der Waals surface area (Å²) in [6.45, 7) is 1.17. The standard InChI is InChI=1S/C15H15N5O4/c21-14-10-18(8-1-7-17-9-6-16-11-17)15(22)19(14)12-2-4-13(5-3-12)20(23)24/h2-6,9,11H,1,7-8,10H2. The summed E-state index contributed by atoms with van der Waals surface area (Å²) in [6.07, 6.45) is 5.91. The molecule has 3 amide bonds. The number of nitro benzene ring substituents is 1. The number of aryl methyl sites for hydroxylation is 1. The van der Waals surface area contributed by atoms with Gasteiger partial charge in [-0.2, -0.15) is 0 Å². The summed E-state index contributed by atoms with van der Waals surface area (Å²) < 4.78 is 1.90. The number of imidazole rings is 1. The van der Waals surface area contributed by atoms with Crippen molar-refractivity contribution in [2.75, 3.05) is 18.0 Å². The maximum absolute atomic E-state index is 12.4. The third kappa shape index (κ3) is 3.09. The van der Waals surface area contributed by atoms with E-state index in [1.54, 1.807) is 12.5 Å². The second kappa shape index (κ2) is 6.49. The zero-order chi connectivity index (χ0) is 17.1. The molecule has 0 spiro atoms. The van der Waals surface area contributed by atoms with Gasteiger partial charge in [-0.1, -0.05) is 0 Å². The number of carbonyl (C=O) groups is 2. The van der Waals surface area contributed by atoms with Gasteiger partial charge in [0.2, 0.25) is 0 Å². The topological polar surface area (TPSA) is 102 Å². The Bertz CT molecular complexity index is 757. The van der Waals surface area contributed by atoms with Crippen LogP contribution in [0.5, 0.6) is 0 Å². The first-order valence-corrected chi connectivity index (χ1v) is 7.38. The molecule has 9 nitrogen and oxygen atoms in total. The molecular formula is C15H15N5O4. The van der Waals surface area contributed by atoms with Crippen molar-refractivity contribution in [1.29, 1.82) is 0 Å². The Kier molecular flexibility index (Phi) is 4.23. The molecule has 124 valence electrons. The Morgan fingerprint density at radius 1 is 1.17 bits per heavy atom. The Labute approximate surface area is 137 Å². The average molecular weight is 329 g/mol. The highest BCUT2D eigenvalue weighted by Crippen LogP contribution is 2.24. The summed E-state index contributed by atoms with van der Waals surface area (Å²) in [7, 11) is 0. The Balaban J connectivity index is 1.64. The van der Waals surface area contributed by atoms with Gasteiger partial charge in [-0.05, 0) is 18.6 Å². The van der Waals surface area contributed by atoms with Crippen LogP contribution in [-0.4, -0.2) is 44.4 Å². The van der Waals surface area contributed by atoms with Gasteiger partial charge in [-0.15, -0.1) is 0 Å². The van der Waals surface area contributed by atoms with Crippen LogP contribution in [0.3, 0.4) is 0 Å². The van der Waals surface area contributed by atoms with E-state index in [0.717, 1.165) is 4.90 Å². The van der Waals surface area contributed by atoms with Gasteiger partial charge in [0.15, 0.2) is 0 Å². The third-order valence-corrected chi connectivity index (χ3v) is 3.76. The van der Waals surface area contributed by atoms with Crippen molar-refractivity contribution in [3.63, 3.8) is 0 Å². The Hall–Kier alpha value is -3.23. The van der Waals surface area contributed by atoms with E-state index in [-0.39, 0.29) is 18.1 Å². The van der Waals surface area contributed by atoms with Crippen LogP contribution in [0.2, 0.25) is 0 Å². The zero-order valence-electron chi connectivity index (χ0n) is 12.7. The van der Waals surface area contributed by atoms with E-state index in [0.29, 0.717) is 25.2 Å². The first-order valence-electron chi connectivity index (χ1n) is 7.38. The molecule has 1 fully saturated rings.